The standard InChI is InChI=1S/C21H24N4O6S/c1-14-9-16(15(2)25(14)7-8-30-3)10-17(12-22)21(27)31-13-20(26)24-18-5-4-6-19(11-18)32(23,28)29/h4-6,9-11H,7-8,13H2,1-3H3,(H,24,26)(H2,23,28,29)/b17-10+. The number of nitrogens with one attached hydrogen (secondary N) is 1. The van der Waals surface area contributed by atoms with Crippen LogP contribution in [0.1, 0.15) is 17.0 Å². The summed E-state index contributed by atoms with van der Waals surface area (Å²) in [7, 11) is -2.33. The molecule has 2 aromatic rings. The third-order valence-corrected chi connectivity index (χ3v) is 5.46. The number of nitrogens with two attached hydrogens (primary N) is 1. The number of nitrogens with zero attached hydrogens (tertiary/aromatic N) is 2. The maximum atomic E-state index is 12.3. The highest BCUT2D eigenvalue weighted by Gasteiger charge is 2.16. The molecule has 0 fully saturated rings. The molecule has 0 saturated heterocycles. The molecule has 1 amide bonds. The minimum atomic E-state index is -3.93. The molecule has 0 spiro atoms. The first kappa shape index (κ1) is 24.8. The number of hydrogen-bond donors (Lipinski definition) is 2. The second-order valence-electron chi connectivity index (χ2n) is 6.84. The van der Waals surface area contributed by atoms with Crippen molar-refractivity contribution in [2.45, 2.75) is 25.3 Å². The molecule has 1 aromatic carbocycles. The minimum absolute atomic E-state index is 0.164. The van der Waals surface area contributed by atoms with Crippen LogP contribution in [0.3, 0.4) is 0 Å². The average Bonchev–Trinajstić information content (AvgIpc) is 3.00. The smallest absolute Gasteiger partial charge is 0.349 e. The van der Waals surface area contributed by atoms with Gasteiger partial charge in [-0.05, 0) is 49.8 Å². The summed E-state index contributed by atoms with van der Waals surface area (Å²) >= 11 is 0. The molecule has 11 heteroatoms. The van der Waals surface area contributed by atoms with E-state index < -0.39 is 28.5 Å². The van der Waals surface area contributed by atoms with Crippen LogP contribution in [0.4, 0.5) is 5.69 Å². The van der Waals surface area contributed by atoms with Crippen molar-refractivity contribution in [2.24, 2.45) is 5.14 Å². The number of sulfonamides is 1. The first-order chi connectivity index (χ1) is 15.1. The molecule has 3 N–H and O–H groups in total. The minimum Gasteiger partial charge on any atom is -0.451 e. The van der Waals surface area contributed by atoms with Crippen LogP contribution in [0.5, 0.6) is 0 Å². The van der Waals surface area contributed by atoms with Crippen molar-refractivity contribution >= 4 is 33.7 Å². The molecule has 0 saturated carbocycles. The second-order valence-corrected chi connectivity index (χ2v) is 8.40. The van der Waals surface area contributed by atoms with Gasteiger partial charge in [-0.25, -0.2) is 18.4 Å². The summed E-state index contributed by atoms with van der Waals surface area (Å²) in [4.78, 5) is 24.2. The zero-order valence-corrected chi connectivity index (χ0v) is 18.7. The Hall–Kier alpha value is -3.46. The topological polar surface area (TPSA) is 154 Å². The fourth-order valence-corrected chi connectivity index (χ4v) is 3.51. The molecule has 2 rings (SSSR count). The van der Waals surface area contributed by atoms with Gasteiger partial charge in [0, 0.05) is 30.7 Å². The molecular weight excluding hydrogens is 436 g/mol. The Kier molecular flexibility index (Phi) is 8.31. The van der Waals surface area contributed by atoms with E-state index in [1.54, 1.807) is 13.2 Å². The zero-order chi connectivity index (χ0) is 23.9. The van der Waals surface area contributed by atoms with Crippen LogP contribution in [-0.4, -0.2) is 45.2 Å². The molecule has 32 heavy (non-hydrogen) atoms. The first-order valence-corrected chi connectivity index (χ1v) is 11.0. The number of esters is 1. The van der Waals surface area contributed by atoms with Crippen molar-refractivity contribution in [2.75, 3.05) is 25.6 Å². The normalized spacial score (nSPS) is 11.7. The fraction of sp³-hybridized carbons (Fsp3) is 0.286. The van der Waals surface area contributed by atoms with Gasteiger partial charge in [-0.1, -0.05) is 6.07 Å². The number of hydrogen-bond acceptors (Lipinski definition) is 7. The second kappa shape index (κ2) is 10.7. The lowest BCUT2D eigenvalue weighted by Crippen LogP contribution is -2.21. The summed E-state index contributed by atoms with van der Waals surface area (Å²) in [6.45, 7) is 4.24. The van der Waals surface area contributed by atoms with Gasteiger partial charge in [0.05, 0.1) is 11.5 Å². The lowest BCUT2D eigenvalue weighted by atomic mass is 10.1. The van der Waals surface area contributed by atoms with E-state index in [9.17, 15) is 23.3 Å². The third kappa shape index (κ3) is 6.52. The van der Waals surface area contributed by atoms with Crippen molar-refractivity contribution in [1.82, 2.24) is 4.57 Å². The van der Waals surface area contributed by atoms with E-state index in [1.165, 1.54) is 30.3 Å². The Morgan fingerprint density at radius 2 is 2.00 bits per heavy atom. The molecule has 0 atom stereocenters. The zero-order valence-electron chi connectivity index (χ0n) is 17.9. The predicted molar refractivity (Wildman–Crippen MR) is 117 cm³/mol. The van der Waals surface area contributed by atoms with Crippen molar-refractivity contribution in [3.05, 3.63) is 52.9 Å². The number of carbonyl (C=O) groups is 2. The van der Waals surface area contributed by atoms with Gasteiger partial charge >= 0.3 is 5.97 Å². The average molecular weight is 461 g/mol. The largest absolute Gasteiger partial charge is 0.451 e. The Morgan fingerprint density at radius 1 is 1.28 bits per heavy atom. The Bertz CT molecular complexity index is 1190. The first-order valence-electron chi connectivity index (χ1n) is 9.44. The van der Waals surface area contributed by atoms with Gasteiger partial charge in [0.2, 0.25) is 10.0 Å². The SMILES string of the molecule is COCCn1c(C)cc(/C=C(\C#N)C(=O)OCC(=O)Nc2cccc(S(N)(=O)=O)c2)c1C. The molecule has 0 bridgehead atoms. The highest BCUT2D eigenvalue weighted by Crippen LogP contribution is 2.19. The van der Waals surface area contributed by atoms with E-state index in [2.05, 4.69) is 5.32 Å². The Labute approximate surface area is 186 Å². The maximum Gasteiger partial charge on any atom is 0.349 e. The Morgan fingerprint density at radius 3 is 2.62 bits per heavy atom. The van der Waals surface area contributed by atoms with Crippen LogP contribution >= 0.6 is 0 Å². The summed E-state index contributed by atoms with van der Waals surface area (Å²) in [6, 6.07) is 8.93. The predicted octanol–water partition coefficient (Wildman–Crippen LogP) is 1.49. The molecule has 170 valence electrons. The van der Waals surface area contributed by atoms with Crippen LogP contribution < -0.4 is 10.5 Å². The summed E-state index contributed by atoms with van der Waals surface area (Å²) in [5.41, 5.74) is 2.37. The monoisotopic (exact) mass is 460 g/mol. The molecule has 0 aliphatic heterocycles. The summed E-state index contributed by atoms with van der Waals surface area (Å²) in [5, 5.41) is 16.8. The van der Waals surface area contributed by atoms with Gasteiger partial charge in [-0.15, -0.1) is 0 Å². The third-order valence-electron chi connectivity index (χ3n) is 4.55. The molecule has 0 radical (unpaired) electrons. The van der Waals surface area contributed by atoms with Crippen LogP contribution in [0.2, 0.25) is 0 Å². The van der Waals surface area contributed by atoms with E-state index in [0.29, 0.717) is 18.7 Å². The van der Waals surface area contributed by atoms with E-state index in [0.717, 1.165) is 11.4 Å². The lowest BCUT2D eigenvalue weighted by Gasteiger charge is -2.08. The van der Waals surface area contributed by atoms with Gasteiger partial charge in [0.1, 0.15) is 11.6 Å². The van der Waals surface area contributed by atoms with E-state index in [1.807, 2.05) is 24.5 Å². The quantitative estimate of drug-likeness (QED) is 0.326. The highest BCUT2D eigenvalue weighted by atomic mass is 32.2. The number of ether oxygens (including phenoxy) is 2. The van der Waals surface area contributed by atoms with Gasteiger partial charge < -0.3 is 19.4 Å². The lowest BCUT2D eigenvalue weighted by molar-refractivity contribution is -0.142. The number of benzene rings is 1. The Balaban J connectivity index is 2.05. The number of primary sulfonamides is 1. The van der Waals surface area contributed by atoms with Crippen LogP contribution in [0, 0.1) is 25.2 Å². The van der Waals surface area contributed by atoms with E-state index >= 15 is 0 Å². The number of methoxy groups -OCH3 is 1. The number of aromatic nitrogens is 1. The van der Waals surface area contributed by atoms with Crippen molar-refractivity contribution in [3.8, 4) is 6.07 Å². The summed E-state index contributed by atoms with van der Waals surface area (Å²) < 4.78 is 34.8. The van der Waals surface area contributed by atoms with Gasteiger partial charge in [0.25, 0.3) is 5.91 Å². The molecule has 0 aliphatic rings. The molecule has 0 aliphatic carbocycles. The summed E-state index contributed by atoms with van der Waals surface area (Å²) in [6.07, 6.45) is 1.40. The number of amides is 1. The molecular formula is C21H24N4O6S. The van der Waals surface area contributed by atoms with Gasteiger partial charge in [0.15, 0.2) is 6.61 Å². The fourth-order valence-electron chi connectivity index (χ4n) is 2.95. The van der Waals surface area contributed by atoms with Crippen molar-refractivity contribution in [3.63, 3.8) is 0 Å². The van der Waals surface area contributed by atoms with Crippen molar-refractivity contribution < 1.29 is 27.5 Å². The molecule has 1 heterocycles. The van der Waals surface area contributed by atoms with Crippen LogP contribution in [-0.2, 0) is 35.6 Å². The number of nitriles is 1. The van der Waals surface area contributed by atoms with Crippen molar-refractivity contribution in [1.29, 1.82) is 5.26 Å². The van der Waals surface area contributed by atoms with Gasteiger partial charge in [-0.3, -0.25) is 4.79 Å². The molecule has 10 nitrogen and oxygen atoms in total. The number of aryl methyl sites for hydroxylation is 1. The molecule has 1 aromatic heterocycles. The number of anilines is 1. The molecule has 0 unspecified atom stereocenters. The van der Waals surface area contributed by atoms with Gasteiger partial charge in [-0.2, -0.15) is 5.26 Å². The highest BCUT2D eigenvalue weighted by molar-refractivity contribution is 7.89. The number of carbonyl (C=O) groups excluding carboxylic acids is 2. The van der Waals surface area contributed by atoms with E-state index in [-0.39, 0.29) is 16.2 Å². The summed E-state index contributed by atoms with van der Waals surface area (Å²) in [5.74, 6) is -1.66. The maximum absolute atomic E-state index is 12.3. The van der Waals surface area contributed by atoms with E-state index in [4.69, 9.17) is 14.6 Å². The van der Waals surface area contributed by atoms with Crippen LogP contribution in [0.25, 0.3) is 6.08 Å². The number of rotatable bonds is 9. The van der Waals surface area contributed by atoms with Crippen LogP contribution in [0.15, 0.2) is 40.8 Å².